The third-order valence-electron chi connectivity index (χ3n) is 2.12. The van der Waals surface area contributed by atoms with Gasteiger partial charge in [0.25, 0.3) is 0 Å². The van der Waals surface area contributed by atoms with E-state index >= 15 is 0 Å². The highest BCUT2D eigenvalue weighted by atomic mass is 79.9. The Labute approximate surface area is 95.5 Å². The van der Waals surface area contributed by atoms with Crippen LogP contribution in [0, 0.1) is 0 Å². The van der Waals surface area contributed by atoms with Crippen LogP contribution in [0.2, 0.25) is 0 Å². The molecule has 0 nitrogen and oxygen atoms in total. The standard InChI is InChI=1S/C10H9BrS2/c1-2-6-5-8(11)10-7(9(6)12)3-4-13-10/h3-5,12H,2H2,1H3. The zero-order chi connectivity index (χ0) is 9.42. The third kappa shape index (κ3) is 1.53. The molecule has 0 fully saturated rings. The Kier molecular flexibility index (Phi) is 2.67. The van der Waals surface area contributed by atoms with E-state index in [1.807, 2.05) is 0 Å². The minimum Gasteiger partial charge on any atom is -0.143 e. The predicted octanol–water partition coefficient (Wildman–Crippen LogP) is 4.51. The van der Waals surface area contributed by atoms with Crippen molar-refractivity contribution in [2.75, 3.05) is 0 Å². The molecule has 68 valence electrons. The average molecular weight is 273 g/mol. The summed E-state index contributed by atoms with van der Waals surface area (Å²) in [5.41, 5.74) is 1.31. The molecule has 3 heteroatoms. The quantitative estimate of drug-likeness (QED) is 0.726. The SMILES string of the molecule is CCc1cc(Br)c2sccc2c1S. The number of benzene rings is 1. The molecule has 0 bridgehead atoms. The molecule has 0 aliphatic heterocycles. The zero-order valence-electron chi connectivity index (χ0n) is 7.17. The molecule has 0 saturated heterocycles. The second-order valence-electron chi connectivity index (χ2n) is 2.88. The number of hydrogen-bond acceptors (Lipinski definition) is 2. The number of rotatable bonds is 1. The van der Waals surface area contributed by atoms with E-state index in [0.717, 1.165) is 11.3 Å². The first-order valence-corrected chi connectivity index (χ1v) is 6.23. The number of thiophene rings is 1. The van der Waals surface area contributed by atoms with Crippen LogP contribution in [0.4, 0.5) is 0 Å². The van der Waals surface area contributed by atoms with Gasteiger partial charge in [-0.25, -0.2) is 0 Å². The molecule has 13 heavy (non-hydrogen) atoms. The Balaban J connectivity index is 2.85. The van der Waals surface area contributed by atoms with Crippen LogP contribution < -0.4 is 0 Å². The van der Waals surface area contributed by atoms with E-state index in [1.54, 1.807) is 11.3 Å². The maximum absolute atomic E-state index is 4.54. The molecule has 0 amide bonds. The van der Waals surface area contributed by atoms with Crippen LogP contribution in [0.1, 0.15) is 12.5 Å². The normalized spacial score (nSPS) is 11.0. The van der Waals surface area contributed by atoms with Gasteiger partial charge in [0.2, 0.25) is 0 Å². The van der Waals surface area contributed by atoms with Crippen molar-refractivity contribution in [2.24, 2.45) is 0 Å². The van der Waals surface area contributed by atoms with Crippen molar-refractivity contribution in [1.29, 1.82) is 0 Å². The summed E-state index contributed by atoms with van der Waals surface area (Å²) in [6.45, 7) is 2.15. The number of fused-ring (bicyclic) bond motifs is 1. The highest BCUT2D eigenvalue weighted by Crippen LogP contribution is 2.35. The molecule has 0 aliphatic rings. The van der Waals surface area contributed by atoms with E-state index in [2.05, 4.69) is 53.0 Å². The highest BCUT2D eigenvalue weighted by molar-refractivity contribution is 9.10. The van der Waals surface area contributed by atoms with Crippen LogP contribution >= 0.6 is 39.9 Å². The summed E-state index contributed by atoms with van der Waals surface area (Å²) in [5.74, 6) is 0. The van der Waals surface area contributed by atoms with Crippen LogP contribution in [0.15, 0.2) is 26.9 Å². The van der Waals surface area contributed by atoms with Gasteiger partial charge < -0.3 is 0 Å². The number of aryl methyl sites for hydroxylation is 1. The first kappa shape index (κ1) is 9.56. The molecule has 1 aromatic carbocycles. The molecule has 0 atom stereocenters. The lowest BCUT2D eigenvalue weighted by Gasteiger charge is -2.04. The molecule has 1 heterocycles. The van der Waals surface area contributed by atoms with E-state index in [1.165, 1.54) is 20.1 Å². The largest absolute Gasteiger partial charge is 0.143 e. The van der Waals surface area contributed by atoms with E-state index in [0.29, 0.717) is 0 Å². The van der Waals surface area contributed by atoms with E-state index in [-0.39, 0.29) is 0 Å². The highest BCUT2D eigenvalue weighted by Gasteiger charge is 2.07. The first-order valence-electron chi connectivity index (χ1n) is 4.11. The molecule has 0 aliphatic carbocycles. The zero-order valence-corrected chi connectivity index (χ0v) is 10.5. The maximum atomic E-state index is 4.54. The van der Waals surface area contributed by atoms with Gasteiger partial charge in [0.15, 0.2) is 0 Å². The molecular formula is C10H9BrS2. The van der Waals surface area contributed by atoms with Gasteiger partial charge in [0.05, 0.1) is 0 Å². The van der Waals surface area contributed by atoms with Gasteiger partial charge in [0, 0.05) is 19.5 Å². The van der Waals surface area contributed by atoms with E-state index in [4.69, 9.17) is 0 Å². The fourth-order valence-corrected chi connectivity index (χ4v) is 3.47. The van der Waals surface area contributed by atoms with Crippen molar-refractivity contribution in [3.63, 3.8) is 0 Å². The Morgan fingerprint density at radius 2 is 2.31 bits per heavy atom. The van der Waals surface area contributed by atoms with Crippen molar-refractivity contribution < 1.29 is 0 Å². The van der Waals surface area contributed by atoms with Crippen LogP contribution in [0.25, 0.3) is 10.1 Å². The van der Waals surface area contributed by atoms with Crippen molar-refractivity contribution in [3.8, 4) is 0 Å². The minimum absolute atomic E-state index is 1.03. The Hall–Kier alpha value is 0.01000. The van der Waals surface area contributed by atoms with Gasteiger partial charge >= 0.3 is 0 Å². The Bertz CT molecular complexity index is 445. The summed E-state index contributed by atoms with van der Waals surface area (Å²) in [5, 5.41) is 3.37. The molecule has 0 unspecified atom stereocenters. The fourth-order valence-electron chi connectivity index (χ4n) is 1.41. The second-order valence-corrected chi connectivity index (χ2v) is 5.10. The van der Waals surface area contributed by atoms with Crippen molar-refractivity contribution >= 4 is 50.0 Å². The van der Waals surface area contributed by atoms with Gasteiger partial charge in [-0.1, -0.05) is 6.92 Å². The lowest BCUT2D eigenvalue weighted by molar-refractivity contribution is 1.10. The summed E-state index contributed by atoms with van der Waals surface area (Å²) in [7, 11) is 0. The number of halogens is 1. The molecule has 0 spiro atoms. The lowest BCUT2D eigenvalue weighted by atomic mass is 10.1. The van der Waals surface area contributed by atoms with Crippen molar-refractivity contribution in [3.05, 3.63) is 27.5 Å². The Morgan fingerprint density at radius 1 is 1.54 bits per heavy atom. The molecule has 0 saturated carbocycles. The van der Waals surface area contributed by atoms with Crippen LogP contribution in [0.3, 0.4) is 0 Å². The minimum atomic E-state index is 1.03. The monoisotopic (exact) mass is 272 g/mol. The summed E-state index contributed by atoms with van der Waals surface area (Å²) in [6.07, 6.45) is 1.03. The molecular weight excluding hydrogens is 264 g/mol. The molecule has 0 N–H and O–H groups in total. The second kappa shape index (κ2) is 3.64. The van der Waals surface area contributed by atoms with E-state index < -0.39 is 0 Å². The average Bonchev–Trinajstić information content (AvgIpc) is 2.60. The van der Waals surface area contributed by atoms with E-state index in [9.17, 15) is 0 Å². The third-order valence-corrected chi connectivity index (χ3v) is 4.49. The first-order chi connectivity index (χ1) is 6.24. The Morgan fingerprint density at radius 3 is 3.00 bits per heavy atom. The van der Waals surface area contributed by atoms with Gasteiger partial charge in [-0.3, -0.25) is 0 Å². The predicted molar refractivity (Wildman–Crippen MR) is 66.2 cm³/mol. The summed E-state index contributed by atoms with van der Waals surface area (Å²) in [4.78, 5) is 1.13. The summed E-state index contributed by atoms with van der Waals surface area (Å²) < 4.78 is 2.48. The number of thiol groups is 1. The van der Waals surface area contributed by atoms with Crippen molar-refractivity contribution in [1.82, 2.24) is 0 Å². The number of hydrogen-bond donors (Lipinski definition) is 1. The molecule has 2 aromatic rings. The van der Waals surface area contributed by atoms with Crippen LogP contribution in [-0.4, -0.2) is 0 Å². The van der Waals surface area contributed by atoms with Gasteiger partial charge in [0.1, 0.15) is 0 Å². The smallest absolute Gasteiger partial charge is 0.0496 e. The fraction of sp³-hybridized carbons (Fsp3) is 0.200. The molecule has 1 aromatic heterocycles. The maximum Gasteiger partial charge on any atom is 0.0496 e. The van der Waals surface area contributed by atoms with Gasteiger partial charge in [-0.2, -0.15) is 0 Å². The molecule has 0 radical (unpaired) electrons. The topological polar surface area (TPSA) is 0 Å². The summed E-state index contributed by atoms with van der Waals surface area (Å²) >= 11 is 9.87. The van der Waals surface area contributed by atoms with Crippen molar-refractivity contribution in [2.45, 2.75) is 18.2 Å². The summed E-state index contributed by atoms with van der Waals surface area (Å²) in [6, 6.07) is 4.30. The van der Waals surface area contributed by atoms with Crippen LogP contribution in [0.5, 0.6) is 0 Å². The lowest BCUT2D eigenvalue weighted by Crippen LogP contribution is -1.83. The molecule has 2 rings (SSSR count). The van der Waals surface area contributed by atoms with Gasteiger partial charge in [-0.05, 0) is 45.4 Å². The van der Waals surface area contributed by atoms with Gasteiger partial charge in [-0.15, -0.1) is 24.0 Å². The van der Waals surface area contributed by atoms with Crippen LogP contribution in [-0.2, 0) is 6.42 Å².